The minimum atomic E-state index is 0.0601. The Balaban J connectivity index is 1.84. The number of aliphatic hydroxyl groups excluding tert-OH is 1. The lowest BCUT2D eigenvalue weighted by molar-refractivity contribution is 0.232. The van der Waals surface area contributed by atoms with Crippen LogP contribution in [0.25, 0.3) is 0 Å². The summed E-state index contributed by atoms with van der Waals surface area (Å²) in [6.45, 7) is 7.98. The number of rotatable bonds is 7. The van der Waals surface area contributed by atoms with Gasteiger partial charge in [-0.15, -0.1) is 0 Å². The first kappa shape index (κ1) is 17.8. The second-order valence-corrected chi connectivity index (χ2v) is 5.95. The molecule has 0 atom stereocenters. The third kappa shape index (κ3) is 6.20. The smallest absolute Gasteiger partial charge is 0.191 e. The average molecular weight is 318 g/mol. The van der Waals surface area contributed by atoms with Crippen molar-refractivity contribution in [1.82, 2.24) is 15.5 Å². The van der Waals surface area contributed by atoms with Crippen LogP contribution in [-0.4, -0.2) is 48.7 Å². The normalized spacial score (nSPS) is 16.3. The van der Waals surface area contributed by atoms with E-state index in [1.54, 1.807) is 0 Å². The first-order valence-corrected chi connectivity index (χ1v) is 8.75. The number of aliphatic imine (C=N–C) groups is 1. The molecule has 0 unspecified atom stereocenters. The van der Waals surface area contributed by atoms with E-state index in [9.17, 15) is 5.11 Å². The van der Waals surface area contributed by atoms with Crippen LogP contribution in [0, 0.1) is 0 Å². The van der Waals surface area contributed by atoms with Crippen LogP contribution in [-0.2, 0) is 13.2 Å². The van der Waals surface area contributed by atoms with Gasteiger partial charge in [0.05, 0.1) is 13.2 Å². The highest BCUT2D eigenvalue weighted by molar-refractivity contribution is 5.79. The minimum absolute atomic E-state index is 0.0601. The quantitative estimate of drug-likeness (QED) is 0.529. The van der Waals surface area contributed by atoms with Crippen LogP contribution < -0.4 is 10.6 Å². The summed E-state index contributed by atoms with van der Waals surface area (Å²) in [6.07, 6.45) is 4.02. The zero-order valence-electron chi connectivity index (χ0n) is 14.2. The highest BCUT2D eigenvalue weighted by Gasteiger charge is 2.09. The molecule has 5 heteroatoms. The Labute approximate surface area is 139 Å². The van der Waals surface area contributed by atoms with Crippen molar-refractivity contribution in [2.75, 3.05) is 32.7 Å². The maximum absolute atomic E-state index is 9.39. The van der Waals surface area contributed by atoms with E-state index in [1.807, 2.05) is 24.3 Å². The summed E-state index contributed by atoms with van der Waals surface area (Å²) in [5.41, 5.74) is 2.02. The lowest BCUT2D eigenvalue weighted by Gasteiger charge is -2.26. The molecule has 5 nitrogen and oxygen atoms in total. The summed E-state index contributed by atoms with van der Waals surface area (Å²) >= 11 is 0. The van der Waals surface area contributed by atoms with Gasteiger partial charge < -0.3 is 20.6 Å². The van der Waals surface area contributed by atoms with Crippen LogP contribution in [0.5, 0.6) is 0 Å². The van der Waals surface area contributed by atoms with Crippen molar-refractivity contribution in [2.24, 2.45) is 4.99 Å². The molecule has 1 aromatic carbocycles. The highest BCUT2D eigenvalue weighted by atomic mass is 16.3. The molecule has 2 rings (SSSR count). The molecule has 0 amide bonds. The number of hydrogen-bond acceptors (Lipinski definition) is 3. The summed E-state index contributed by atoms with van der Waals surface area (Å²) in [5.74, 6) is 0.845. The molecule has 23 heavy (non-hydrogen) atoms. The Morgan fingerprint density at radius 3 is 2.57 bits per heavy atom. The van der Waals surface area contributed by atoms with E-state index in [4.69, 9.17) is 0 Å². The average Bonchev–Trinajstić information content (AvgIpc) is 2.61. The zero-order valence-corrected chi connectivity index (χ0v) is 14.2. The molecule has 1 fully saturated rings. The van der Waals surface area contributed by atoms with Gasteiger partial charge in [0.2, 0.25) is 0 Å². The van der Waals surface area contributed by atoms with Crippen LogP contribution in [0.3, 0.4) is 0 Å². The number of aliphatic hydroxyl groups is 1. The standard InChI is InChI=1S/C18H30N4O/c1-2-19-18(20-10-13-22-11-6-3-7-12-22)21-14-16-8-4-5-9-17(16)15-23/h4-5,8-9,23H,2-3,6-7,10-15H2,1H3,(H2,19,20,21). The van der Waals surface area contributed by atoms with E-state index in [1.165, 1.54) is 32.4 Å². The van der Waals surface area contributed by atoms with Gasteiger partial charge in [0, 0.05) is 19.6 Å². The maximum Gasteiger partial charge on any atom is 0.191 e. The van der Waals surface area contributed by atoms with Gasteiger partial charge in [0.1, 0.15) is 0 Å². The summed E-state index contributed by atoms with van der Waals surface area (Å²) in [4.78, 5) is 7.15. The fourth-order valence-corrected chi connectivity index (χ4v) is 2.89. The van der Waals surface area contributed by atoms with E-state index in [0.29, 0.717) is 6.54 Å². The maximum atomic E-state index is 9.39. The van der Waals surface area contributed by atoms with Crippen LogP contribution in [0.2, 0.25) is 0 Å². The highest BCUT2D eigenvalue weighted by Crippen LogP contribution is 2.10. The third-order valence-corrected chi connectivity index (χ3v) is 4.21. The molecule has 0 spiro atoms. The Kier molecular flexibility index (Phi) is 7.90. The molecule has 0 aliphatic carbocycles. The van der Waals surface area contributed by atoms with Gasteiger partial charge in [0.25, 0.3) is 0 Å². The molecule has 1 aliphatic rings. The van der Waals surface area contributed by atoms with Gasteiger partial charge in [-0.25, -0.2) is 4.99 Å². The first-order valence-electron chi connectivity index (χ1n) is 8.75. The summed E-state index contributed by atoms with van der Waals surface area (Å²) in [6, 6.07) is 7.90. The second-order valence-electron chi connectivity index (χ2n) is 5.95. The van der Waals surface area contributed by atoms with Gasteiger partial charge in [-0.2, -0.15) is 0 Å². The van der Waals surface area contributed by atoms with Crippen molar-refractivity contribution < 1.29 is 5.11 Å². The SMILES string of the molecule is CCNC(=NCc1ccccc1CO)NCCN1CCCCC1. The lowest BCUT2D eigenvalue weighted by Crippen LogP contribution is -2.42. The molecule has 0 bridgehead atoms. The predicted octanol–water partition coefficient (Wildman–Crippen LogP) is 1.72. The molecular formula is C18H30N4O. The van der Waals surface area contributed by atoms with E-state index >= 15 is 0 Å². The Morgan fingerprint density at radius 1 is 1.13 bits per heavy atom. The zero-order chi connectivity index (χ0) is 16.3. The van der Waals surface area contributed by atoms with Crippen molar-refractivity contribution in [3.8, 4) is 0 Å². The van der Waals surface area contributed by atoms with E-state index in [2.05, 4.69) is 27.4 Å². The molecule has 1 aromatic rings. The van der Waals surface area contributed by atoms with E-state index < -0.39 is 0 Å². The first-order chi connectivity index (χ1) is 11.3. The van der Waals surface area contributed by atoms with Gasteiger partial charge in [-0.05, 0) is 44.0 Å². The Hall–Kier alpha value is -1.59. The Morgan fingerprint density at radius 2 is 1.87 bits per heavy atom. The minimum Gasteiger partial charge on any atom is -0.392 e. The van der Waals surface area contributed by atoms with Crippen molar-refractivity contribution in [1.29, 1.82) is 0 Å². The van der Waals surface area contributed by atoms with E-state index in [0.717, 1.165) is 36.7 Å². The van der Waals surface area contributed by atoms with Crippen LogP contribution >= 0.6 is 0 Å². The van der Waals surface area contributed by atoms with Crippen molar-refractivity contribution in [3.05, 3.63) is 35.4 Å². The van der Waals surface area contributed by atoms with Crippen molar-refractivity contribution in [3.63, 3.8) is 0 Å². The summed E-state index contributed by atoms with van der Waals surface area (Å²) in [5, 5.41) is 16.1. The van der Waals surface area contributed by atoms with Gasteiger partial charge in [-0.1, -0.05) is 30.7 Å². The summed E-state index contributed by atoms with van der Waals surface area (Å²) < 4.78 is 0. The Bertz CT molecular complexity index is 484. The number of guanidine groups is 1. The fraction of sp³-hybridized carbons (Fsp3) is 0.611. The number of hydrogen-bond donors (Lipinski definition) is 3. The van der Waals surface area contributed by atoms with Crippen molar-refractivity contribution in [2.45, 2.75) is 39.3 Å². The molecule has 0 aromatic heterocycles. The molecular weight excluding hydrogens is 288 g/mol. The lowest BCUT2D eigenvalue weighted by atomic mass is 10.1. The van der Waals surface area contributed by atoms with Gasteiger partial charge in [-0.3, -0.25) is 0 Å². The molecule has 1 saturated heterocycles. The molecule has 1 heterocycles. The fourth-order valence-electron chi connectivity index (χ4n) is 2.89. The number of benzene rings is 1. The van der Waals surface area contributed by atoms with Crippen LogP contribution in [0.15, 0.2) is 29.3 Å². The monoisotopic (exact) mass is 318 g/mol. The number of piperidine rings is 1. The van der Waals surface area contributed by atoms with Crippen LogP contribution in [0.1, 0.15) is 37.3 Å². The number of nitrogens with zero attached hydrogens (tertiary/aromatic N) is 2. The largest absolute Gasteiger partial charge is 0.392 e. The number of nitrogens with one attached hydrogen (secondary N) is 2. The van der Waals surface area contributed by atoms with Crippen molar-refractivity contribution >= 4 is 5.96 Å². The predicted molar refractivity (Wildman–Crippen MR) is 95.5 cm³/mol. The van der Waals surface area contributed by atoms with E-state index in [-0.39, 0.29) is 6.61 Å². The second kappa shape index (κ2) is 10.2. The van der Waals surface area contributed by atoms with Gasteiger partial charge >= 0.3 is 0 Å². The summed E-state index contributed by atoms with van der Waals surface area (Å²) in [7, 11) is 0. The molecule has 0 radical (unpaired) electrons. The molecule has 3 N–H and O–H groups in total. The number of likely N-dealkylation sites (tertiary alicyclic amines) is 1. The van der Waals surface area contributed by atoms with Crippen LogP contribution in [0.4, 0.5) is 0 Å². The third-order valence-electron chi connectivity index (χ3n) is 4.21. The molecule has 1 aliphatic heterocycles. The topological polar surface area (TPSA) is 59.9 Å². The van der Waals surface area contributed by atoms with Gasteiger partial charge in [0.15, 0.2) is 5.96 Å². The molecule has 0 saturated carbocycles. The molecule has 128 valence electrons.